The van der Waals surface area contributed by atoms with Crippen LogP contribution in [0.1, 0.15) is 18.4 Å². The van der Waals surface area contributed by atoms with Gasteiger partial charge in [-0.15, -0.1) is 0 Å². The number of piperidine rings is 1. The maximum absolute atomic E-state index is 9.99. The number of β-amino-alcohol motifs (C(OH)–C–C–N with tert-alkyl or cyclic N) is 2. The molecule has 1 aliphatic heterocycles. The Bertz CT molecular complexity index is 397. The zero-order chi connectivity index (χ0) is 13.7. The molecule has 2 rings (SSSR count). The zero-order valence-electron chi connectivity index (χ0n) is 11.5. The van der Waals surface area contributed by atoms with E-state index in [-0.39, 0.29) is 12.7 Å². The highest BCUT2D eigenvalue weighted by atomic mass is 16.5. The molecule has 1 fully saturated rings. The maximum atomic E-state index is 9.99. The van der Waals surface area contributed by atoms with Crippen LogP contribution in [-0.4, -0.2) is 53.6 Å². The summed E-state index contributed by atoms with van der Waals surface area (Å²) in [6.45, 7) is 4.43. The normalized spacial score (nSPS) is 22.2. The van der Waals surface area contributed by atoms with Gasteiger partial charge in [-0.05, 0) is 37.9 Å². The predicted molar refractivity (Wildman–Crippen MR) is 74.4 cm³/mol. The number of aryl methyl sites for hydroxylation is 1. The molecule has 0 spiro atoms. The highest BCUT2D eigenvalue weighted by Gasteiger charge is 2.20. The van der Waals surface area contributed by atoms with E-state index >= 15 is 0 Å². The highest BCUT2D eigenvalue weighted by Crippen LogP contribution is 2.16. The molecule has 2 N–H and O–H groups in total. The van der Waals surface area contributed by atoms with Crippen LogP contribution in [0, 0.1) is 6.92 Å². The molecule has 2 atom stereocenters. The second kappa shape index (κ2) is 6.89. The number of para-hydroxylation sites is 1. The maximum Gasteiger partial charge on any atom is 0.122 e. The molecule has 0 saturated carbocycles. The summed E-state index contributed by atoms with van der Waals surface area (Å²) < 4.78 is 5.63. The fraction of sp³-hybridized carbons (Fsp3) is 0.600. The first-order chi connectivity index (χ1) is 9.15. The van der Waals surface area contributed by atoms with E-state index in [9.17, 15) is 10.2 Å². The molecule has 2 unspecified atom stereocenters. The third-order valence-corrected chi connectivity index (χ3v) is 3.47. The van der Waals surface area contributed by atoms with Gasteiger partial charge in [-0.2, -0.15) is 0 Å². The third kappa shape index (κ3) is 4.49. The van der Waals surface area contributed by atoms with Crippen molar-refractivity contribution in [3.8, 4) is 5.75 Å². The Hall–Kier alpha value is -1.10. The summed E-state index contributed by atoms with van der Waals surface area (Å²) in [4.78, 5) is 2.10. The lowest BCUT2D eigenvalue weighted by Crippen LogP contribution is -2.43. The lowest BCUT2D eigenvalue weighted by molar-refractivity contribution is 0.0242. The summed E-state index contributed by atoms with van der Waals surface area (Å²) in [5.74, 6) is 0.820. The second-order valence-electron chi connectivity index (χ2n) is 5.29. The minimum atomic E-state index is -0.523. The van der Waals surface area contributed by atoms with Crippen molar-refractivity contribution in [2.75, 3.05) is 26.2 Å². The average Bonchev–Trinajstić information content (AvgIpc) is 2.38. The van der Waals surface area contributed by atoms with E-state index < -0.39 is 6.10 Å². The van der Waals surface area contributed by atoms with Crippen LogP contribution in [0.5, 0.6) is 5.75 Å². The fourth-order valence-electron chi connectivity index (χ4n) is 2.45. The molecule has 1 aromatic carbocycles. The number of rotatable bonds is 5. The van der Waals surface area contributed by atoms with E-state index in [2.05, 4.69) is 4.90 Å². The number of ether oxygens (including phenoxy) is 1. The SMILES string of the molecule is Cc1ccccc1OCC(O)CN1CCCC(O)C1. The molecule has 4 heteroatoms. The number of benzene rings is 1. The third-order valence-electron chi connectivity index (χ3n) is 3.47. The van der Waals surface area contributed by atoms with Crippen LogP contribution >= 0.6 is 0 Å². The largest absolute Gasteiger partial charge is 0.491 e. The van der Waals surface area contributed by atoms with E-state index in [1.54, 1.807) is 0 Å². The molecular weight excluding hydrogens is 242 g/mol. The van der Waals surface area contributed by atoms with Crippen molar-refractivity contribution >= 4 is 0 Å². The van der Waals surface area contributed by atoms with Gasteiger partial charge in [0.2, 0.25) is 0 Å². The van der Waals surface area contributed by atoms with Gasteiger partial charge in [-0.3, -0.25) is 4.90 Å². The first-order valence-corrected chi connectivity index (χ1v) is 6.92. The van der Waals surface area contributed by atoms with Crippen molar-refractivity contribution < 1.29 is 14.9 Å². The minimum Gasteiger partial charge on any atom is -0.491 e. The van der Waals surface area contributed by atoms with Gasteiger partial charge in [-0.1, -0.05) is 18.2 Å². The molecule has 0 bridgehead atoms. The van der Waals surface area contributed by atoms with Crippen molar-refractivity contribution in [2.45, 2.75) is 32.0 Å². The van der Waals surface area contributed by atoms with Gasteiger partial charge in [0.1, 0.15) is 18.5 Å². The van der Waals surface area contributed by atoms with Gasteiger partial charge < -0.3 is 14.9 Å². The van der Waals surface area contributed by atoms with Crippen LogP contribution in [0.4, 0.5) is 0 Å². The van der Waals surface area contributed by atoms with Crippen LogP contribution in [0.25, 0.3) is 0 Å². The first-order valence-electron chi connectivity index (χ1n) is 6.92. The van der Waals surface area contributed by atoms with Crippen LogP contribution in [0.2, 0.25) is 0 Å². The molecular formula is C15H23NO3. The lowest BCUT2D eigenvalue weighted by atomic mass is 10.1. The van der Waals surface area contributed by atoms with Crippen LogP contribution in [-0.2, 0) is 0 Å². The fourth-order valence-corrected chi connectivity index (χ4v) is 2.45. The van der Waals surface area contributed by atoms with Crippen molar-refractivity contribution in [1.82, 2.24) is 4.90 Å². The Morgan fingerprint density at radius 2 is 2.21 bits per heavy atom. The average molecular weight is 265 g/mol. The second-order valence-corrected chi connectivity index (χ2v) is 5.29. The zero-order valence-corrected chi connectivity index (χ0v) is 11.5. The molecule has 19 heavy (non-hydrogen) atoms. The summed E-state index contributed by atoms with van der Waals surface area (Å²) >= 11 is 0. The minimum absolute atomic E-state index is 0.252. The van der Waals surface area contributed by atoms with E-state index in [0.717, 1.165) is 30.7 Å². The van der Waals surface area contributed by atoms with Crippen molar-refractivity contribution in [1.29, 1.82) is 0 Å². The summed E-state index contributed by atoms with van der Waals surface area (Å²) in [5, 5.41) is 19.6. The van der Waals surface area contributed by atoms with Crippen LogP contribution in [0.15, 0.2) is 24.3 Å². The Kier molecular flexibility index (Phi) is 5.19. The molecule has 1 aromatic rings. The summed E-state index contributed by atoms with van der Waals surface area (Å²) in [6.07, 6.45) is 1.09. The van der Waals surface area contributed by atoms with Gasteiger partial charge in [0.15, 0.2) is 0 Å². The number of likely N-dealkylation sites (tertiary alicyclic amines) is 1. The number of hydrogen-bond acceptors (Lipinski definition) is 4. The molecule has 106 valence electrons. The van der Waals surface area contributed by atoms with Crippen LogP contribution < -0.4 is 4.74 Å². The number of aliphatic hydroxyl groups is 2. The predicted octanol–water partition coefficient (Wildman–Crippen LogP) is 1.19. The topological polar surface area (TPSA) is 52.9 Å². The lowest BCUT2D eigenvalue weighted by Gasteiger charge is -2.31. The van der Waals surface area contributed by atoms with Crippen molar-refractivity contribution in [2.24, 2.45) is 0 Å². The Labute approximate surface area is 114 Å². The van der Waals surface area contributed by atoms with E-state index in [4.69, 9.17) is 4.74 Å². The molecule has 1 saturated heterocycles. The Balaban J connectivity index is 1.75. The van der Waals surface area contributed by atoms with E-state index in [1.165, 1.54) is 0 Å². The molecule has 1 aliphatic rings. The van der Waals surface area contributed by atoms with E-state index in [1.807, 2.05) is 31.2 Å². The number of aliphatic hydroxyl groups excluding tert-OH is 2. The summed E-state index contributed by atoms with van der Waals surface area (Å²) in [6, 6.07) is 7.79. The molecule has 1 heterocycles. The molecule has 4 nitrogen and oxygen atoms in total. The van der Waals surface area contributed by atoms with Crippen LogP contribution in [0.3, 0.4) is 0 Å². The monoisotopic (exact) mass is 265 g/mol. The van der Waals surface area contributed by atoms with Crippen molar-refractivity contribution in [3.05, 3.63) is 29.8 Å². The van der Waals surface area contributed by atoms with Gasteiger partial charge in [0.05, 0.1) is 6.10 Å². The van der Waals surface area contributed by atoms with Gasteiger partial charge in [0, 0.05) is 13.1 Å². The van der Waals surface area contributed by atoms with Gasteiger partial charge in [-0.25, -0.2) is 0 Å². The quantitative estimate of drug-likeness (QED) is 0.840. The molecule has 0 amide bonds. The first kappa shape index (κ1) is 14.3. The van der Waals surface area contributed by atoms with Gasteiger partial charge >= 0.3 is 0 Å². The smallest absolute Gasteiger partial charge is 0.122 e. The Morgan fingerprint density at radius 3 is 2.95 bits per heavy atom. The summed E-state index contributed by atoms with van der Waals surface area (Å²) in [7, 11) is 0. The van der Waals surface area contributed by atoms with E-state index in [0.29, 0.717) is 13.1 Å². The van der Waals surface area contributed by atoms with Gasteiger partial charge in [0.25, 0.3) is 0 Å². The standard InChI is InChI=1S/C15H23NO3/c1-12-5-2-3-7-15(12)19-11-14(18)10-16-8-4-6-13(17)9-16/h2-3,5,7,13-14,17-18H,4,6,8-11H2,1H3. The van der Waals surface area contributed by atoms with Crippen molar-refractivity contribution in [3.63, 3.8) is 0 Å². The number of nitrogens with zero attached hydrogens (tertiary/aromatic N) is 1. The molecule has 0 aliphatic carbocycles. The summed E-state index contributed by atoms with van der Waals surface area (Å²) in [5.41, 5.74) is 1.07. The highest BCUT2D eigenvalue weighted by molar-refractivity contribution is 5.31. The molecule has 0 radical (unpaired) electrons. The Morgan fingerprint density at radius 1 is 1.42 bits per heavy atom. The molecule has 0 aromatic heterocycles. The number of hydrogen-bond donors (Lipinski definition) is 2.